The zero-order chi connectivity index (χ0) is 14.4. The maximum absolute atomic E-state index is 5.59. The molecule has 112 valence electrons. The summed E-state index contributed by atoms with van der Waals surface area (Å²) in [6, 6.07) is 6.81. The lowest BCUT2D eigenvalue weighted by atomic mass is 9.98. The van der Waals surface area contributed by atoms with Crippen LogP contribution in [-0.2, 0) is 0 Å². The normalized spacial score (nSPS) is 17.9. The Balaban J connectivity index is 2.26. The van der Waals surface area contributed by atoms with E-state index >= 15 is 0 Å². The van der Waals surface area contributed by atoms with Crippen molar-refractivity contribution in [1.82, 2.24) is 10.2 Å². The molecule has 0 bridgehead atoms. The van der Waals surface area contributed by atoms with E-state index in [1.54, 1.807) is 7.11 Å². The molecule has 1 fully saturated rings. The van der Waals surface area contributed by atoms with Crippen LogP contribution < -0.4 is 10.1 Å². The number of hydrogen-bond acceptors (Lipinski definition) is 3. The molecule has 1 heterocycles. The molecule has 0 spiro atoms. The number of ether oxygens (including phenoxy) is 1. The van der Waals surface area contributed by atoms with Crippen LogP contribution in [0, 0.1) is 0 Å². The van der Waals surface area contributed by atoms with Crippen molar-refractivity contribution in [3.63, 3.8) is 0 Å². The Bertz CT molecular complexity index is 419. The third-order valence-corrected chi connectivity index (χ3v) is 4.47. The minimum Gasteiger partial charge on any atom is -0.496 e. The van der Waals surface area contributed by atoms with Gasteiger partial charge in [0.05, 0.1) is 7.11 Å². The molecule has 1 saturated heterocycles. The minimum atomic E-state index is 0.462. The van der Waals surface area contributed by atoms with Gasteiger partial charge in [0.15, 0.2) is 0 Å². The Morgan fingerprint density at radius 2 is 2.10 bits per heavy atom. The third kappa shape index (κ3) is 3.96. The minimum absolute atomic E-state index is 0.462. The average molecular weight is 341 g/mol. The number of nitrogens with one attached hydrogen (secondary N) is 1. The molecule has 0 amide bonds. The molecule has 1 aliphatic heterocycles. The van der Waals surface area contributed by atoms with Crippen molar-refractivity contribution in [3.05, 3.63) is 28.2 Å². The maximum atomic E-state index is 5.59. The summed E-state index contributed by atoms with van der Waals surface area (Å²) >= 11 is 3.60. The summed E-state index contributed by atoms with van der Waals surface area (Å²) in [5.41, 5.74) is 1.32. The summed E-state index contributed by atoms with van der Waals surface area (Å²) < 4.78 is 6.72. The highest BCUT2D eigenvalue weighted by Gasteiger charge is 2.24. The lowest BCUT2D eigenvalue weighted by Crippen LogP contribution is -2.45. The van der Waals surface area contributed by atoms with Crippen molar-refractivity contribution in [1.29, 1.82) is 0 Å². The van der Waals surface area contributed by atoms with Gasteiger partial charge in [-0.1, -0.05) is 35.7 Å². The van der Waals surface area contributed by atoms with Crippen molar-refractivity contribution in [2.24, 2.45) is 0 Å². The van der Waals surface area contributed by atoms with Crippen LogP contribution in [0.15, 0.2) is 22.7 Å². The van der Waals surface area contributed by atoms with Gasteiger partial charge < -0.3 is 10.1 Å². The van der Waals surface area contributed by atoms with E-state index in [4.69, 9.17) is 4.74 Å². The van der Waals surface area contributed by atoms with Crippen molar-refractivity contribution in [2.75, 3.05) is 33.3 Å². The van der Waals surface area contributed by atoms with E-state index in [2.05, 4.69) is 51.3 Å². The van der Waals surface area contributed by atoms with Crippen LogP contribution in [0.1, 0.15) is 37.8 Å². The highest BCUT2D eigenvalue weighted by molar-refractivity contribution is 9.10. The molecule has 1 aliphatic rings. The van der Waals surface area contributed by atoms with E-state index < -0.39 is 0 Å². The molecule has 0 aromatic heterocycles. The van der Waals surface area contributed by atoms with E-state index in [-0.39, 0.29) is 0 Å². The summed E-state index contributed by atoms with van der Waals surface area (Å²) in [6.07, 6.45) is 3.69. The molecule has 2 rings (SSSR count). The van der Waals surface area contributed by atoms with E-state index in [1.807, 2.05) is 0 Å². The van der Waals surface area contributed by atoms with Crippen molar-refractivity contribution < 1.29 is 4.74 Å². The van der Waals surface area contributed by atoms with Gasteiger partial charge in [0, 0.05) is 42.3 Å². The number of halogens is 1. The summed E-state index contributed by atoms with van der Waals surface area (Å²) in [7, 11) is 1.77. The largest absolute Gasteiger partial charge is 0.496 e. The molecule has 1 aromatic carbocycles. The number of hydrogen-bond donors (Lipinski definition) is 1. The highest BCUT2D eigenvalue weighted by atomic mass is 79.9. The molecule has 1 aromatic rings. The second kappa shape index (κ2) is 8.01. The standard InChI is InChI=1S/C16H25BrN2O/c1-3-4-5-15(19-10-8-18-9-11-19)14-12-13(17)6-7-16(14)20-2/h6-7,12,15,18H,3-5,8-11H2,1-2H3. The molecule has 3 nitrogen and oxygen atoms in total. The topological polar surface area (TPSA) is 24.5 Å². The van der Waals surface area contributed by atoms with E-state index in [0.717, 1.165) is 36.4 Å². The van der Waals surface area contributed by atoms with Gasteiger partial charge in [0.25, 0.3) is 0 Å². The Kier molecular flexibility index (Phi) is 6.33. The molecule has 20 heavy (non-hydrogen) atoms. The number of benzene rings is 1. The van der Waals surface area contributed by atoms with Crippen LogP contribution in [0.2, 0.25) is 0 Å². The van der Waals surface area contributed by atoms with Gasteiger partial charge in [0.2, 0.25) is 0 Å². The number of rotatable bonds is 6. The van der Waals surface area contributed by atoms with Gasteiger partial charge in [-0.2, -0.15) is 0 Å². The van der Waals surface area contributed by atoms with Gasteiger partial charge in [-0.15, -0.1) is 0 Å². The molecule has 0 aliphatic carbocycles. The van der Waals surface area contributed by atoms with E-state index in [0.29, 0.717) is 6.04 Å². The van der Waals surface area contributed by atoms with Crippen LogP contribution in [0.3, 0.4) is 0 Å². The maximum Gasteiger partial charge on any atom is 0.123 e. The van der Waals surface area contributed by atoms with Gasteiger partial charge >= 0.3 is 0 Å². The van der Waals surface area contributed by atoms with Gasteiger partial charge in [-0.05, 0) is 24.6 Å². The van der Waals surface area contributed by atoms with Crippen molar-refractivity contribution >= 4 is 15.9 Å². The predicted octanol–water partition coefficient (Wildman–Crippen LogP) is 3.59. The second-order valence-electron chi connectivity index (χ2n) is 5.33. The summed E-state index contributed by atoms with van der Waals surface area (Å²) in [6.45, 7) is 6.65. The van der Waals surface area contributed by atoms with Gasteiger partial charge in [-0.3, -0.25) is 4.90 Å². The molecule has 4 heteroatoms. The average Bonchev–Trinajstić information content (AvgIpc) is 2.49. The third-order valence-electron chi connectivity index (χ3n) is 3.97. The van der Waals surface area contributed by atoms with E-state index in [1.165, 1.54) is 24.8 Å². The fourth-order valence-electron chi connectivity index (χ4n) is 2.89. The molecular weight excluding hydrogens is 316 g/mol. The first-order valence-corrected chi connectivity index (χ1v) is 8.33. The Labute approximate surface area is 130 Å². The summed E-state index contributed by atoms with van der Waals surface area (Å²) in [4.78, 5) is 2.59. The molecule has 0 saturated carbocycles. The molecule has 0 radical (unpaired) electrons. The zero-order valence-electron chi connectivity index (χ0n) is 12.5. The van der Waals surface area contributed by atoms with Crippen LogP contribution in [-0.4, -0.2) is 38.2 Å². The molecule has 1 unspecified atom stereocenters. The number of unbranched alkanes of at least 4 members (excludes halogenated alkanes) is 1. The number of piperazine rings is 1. The fraction of sp³-hybridized carbons (Fsp3) is 0.625. The number of nitrogens with zero attached hydrogens (tertiary/aromatic N) is 1. The van der Waals surface area contributed by atoms with Crippen LogP contribution in [0.25, 0.3) is 0 Å². The molecular formula is C16H25BrN2O. The highest BCUT2D eigenvalue weighted by Crippen LogP contribution is 2.35. The van der Waals surface area contributed by atoms with Gasteiger partial charge in [0.1, 0.15) is 5.75 Å². The first-order chi connectivity index (χ1) is 9.76. The second-order valence-corrected chi connectivity index (χ2v) is 6.25. The zero-order valence-corrected chi connectivity index (χ0v) is 14.1. The lowest BCUT2D eigenvalue weighted by Gasteiger charge is -2.36. The van der Waals surface area contributed by atoms with E-state index in [9.17, 15) is 0 Å². The Morgan fingerprint density at radius 1 is 1.35 bits per heavy atom. The Morgan fingerprint density at radius 3 is 2.75 bits per heavy atom. The first kappa shape index (κ1) is 15.8. The monoisotopic (exact) mass is 340 g/mol. The molecule has 1 atom stereocenters. The first-order valence-electron chi connectivity index (χ1n) is 7.54. The van der Waals surface area contributed by atoms with Crippen LogP contribution in [0.5, 0.6) is 5.75 Å². The van der Waals surface area contributed by atoms with Crippen molar-refractivity contribution in [3.8, 4) is 5.75 Å². The fourth-order valence-corrected chi connectivity index (χ4v) is 3.27. The molecule has 1 N–H and O–H groups in total. The summed E-state index contributed by atoms with van der Waals surface area (Å²) in [5, 5.41) is 3.43. The predicted molar refractivity (Wildman–Crippen MR) is 87.4 cm³/mol. The van der Waals surface area contributed by atoms with Crippen LogP contribution >= 0.6 is 15.9 Å². The smallest absolute Gasteiger partial charge is 0.123 e. The number of methoxy groups -OCH3 is 1. The quantitative estimate of drug-likeness (QED) is 0.856. The van der Waals surface area contributed by atoms with Gasteiger partial charge in [-0.25, -0.2) is 0 Å². The lowest BCUT2D eigenvalue weighted by molar-refractivity contribution is 0.160. The summed E-state index contributed by atoms with van der Waals surface area (Å²) in [5.74, 6) is 1.01. The van der Waals surface area contributed by atoms with Crippen LogP contribution in [0.4, 0.5) is 0 Å². The Hall–Kier alpha value is -0.580. The SMILES string of the molecule is CCCCC(c1cc(Br)ccc1OC)N1CCNCC1. The van der Waals surface area contributed by atoms with Crippen molar-refractivity contribution in [2.45, 2.75) is 32.2 Å².